The Bertz CT molecular complexity index is 1640. The number of fused-ring (bicyclic) bond motifs is 7. The van der Waals surface area contributed by atoms with Crippen LogP contribution in [0.2, 0.25) is 0 Å². The molecule has 0 unspecified atom stereocenters. The first-order valence-corrected chi connectivity index (χ1v) is 39.2. The number of hydrogen-bond donors (Lipinski definition) is 0. The molecule has 0 aromatic heterocycles. The Hall–Kier alpha value is -1.04. The first-order chi connectivity index (χ1) is 40.5. The van der Waals surface area contributed by atoms with Crippen molar-refractivity contribution in [1.29, 1.82) is 0 Å². The van der Waals surface area contributed by atoms with E-state index in [2.05, 4.69) is 194 Å². The Morgan fingerprint density at radius 2 is 0.529 bits per heavy atom. The Morgan fingerprint density at radius 3 is 0.776 bits per heavy atom. The zero-order valence-electron chi connectivity index (χ0n) is 61.7. The first-order valence-electron chi connectivity index (χ1n) is 39.2. The minimum atomic E-state index is 0.851. The third kappa shape index (κ3) is 25.2. The topological polar surface area (TPSA) is 0 Å². The van der Waals surface area contributed by atoms with Gasteiger partial charge in [0.25, 0.3) is 0 Å². The van der Waals surface area contributed by atoms with Gasteiger partial charge in [-0.15, -0.1) is 0 Å². The highest BCUT2D eigenvalue weighted by molar-refractivity contribution is 5.08. The predicted octanol–water partition coefficient (Wildman–Crippen LogP) is 27.6. The van der Waals surface area contributed by atoms with Crippen LogP contribution < -0.4 is 0 Å². The minimum absolute atomic E-state index is 0.851. The largest absolute Gasteiger partial charge is 0.0883 e. The molecular formula is C85H156. The summed E-state index contributed by atoms with van der Waals surface area (Å²) in [6.07, 6.45) is 61.2. The van der Waals surface area contributed by atoms with E-state index in [1.165, 1.54) is 186 Å². The average Bonchev–Trinajstić information content (AvgIpc) is 3.77. The molecule has 0 aromatic carbocycles. The minimum Gasteiger partial charge on any atom is -0.0883 e. The molecule has 496 valence electrons. The number of rotatable bonds is 3. The van der Waals surface area contributed by atoms with Crippen LogP contribution in [0.1, 0.15) is 332 Å². The molecule has 9 fully saturated rings. The zero-order chi connectivity index (χ0) is 62.8. The molecule has 85 heavy (non-hydrogen) atoms. The Kier molecular flexibility index (Phi) is 36.6. The van der Waals surface area contributed by atoms with Gasteiger partial charge in [-0.25, -0.2) is 0 Å². The third-order valence-electron chi connectivity index (χ3n) is 28.6. The van der Waals surface area contributed by atoms with E-state index in [9.17, 15) is 0 Å². The lowest BCUT2D eigenvalue weighted by Crippen LogP contribution is -2.36. The summed E-state index contributed by atoms with van der Waals surface area (Å²) >= 11 is 0. The molecule has 0 amide bonds. The van der Waals surface area contributed by atoms with E-state index >= 15 is 0 Å². The lowest BCUT2D eigenvalue weighted by atomic mass is 9.60. The maximum atomic E-state index is 2.46. The molecule has 9 saturated carbocycles. The molecule has 0 spiro atoms. The van der Waals surface area contributed by atoms with Crippen molar-refractivity contribution >= 4 is 0 Å². The molecule has 15 rings (SSSR count). The molecule has 0 N–H and O–H groups in total. The summed E-state index contributed by atoms with van der Waals surface area (Å²) < 4.78 is 0. The third-order valence-corrected chi connectivity index (χ3v) is 28.6. The van der Waals surface area contributed by atoms with Crippen molar-refractivity contribution in [2.45, 2.75) is 332 Å². The fourth-order valence-corrected chi connectivity index (χ4v) is 18.7. The van der Waals surface area contributed by atoms with Crippen LogP contribution >= 0.6 is 0 Å². The van der Waals surface area contributed by atoms with Crippen LogP contribution in [-0.4, -0.2) is 0 Å². The fourth-order valence-electron chi connectivity index (χ4n) is 18.7. The summed E-state index contributed by atoms with van der Waals surface area (Å²) in [7, 11) is 0. The maximum Gasteiger partial charge on any atom is -0.0205 e. The van der Waals surface area contributed by atoms with Gasteiger partial charge >= 0.3 is 0 Å². The second-order valence-corrected chi connectivity index (χ2v) is 33.6. The summed E-state index contributed by atoms with van der Waals surface area (Å²) in [5.74, 6) is 26.2. The molecule has 0 radical (unpaired) electrons. The van der Waals surface area contributed by atoms with Crippen LogP contribution in [0.25, 0.3) is 0 Å². The van der Waals surface area contributed by atoms with E-state index < -0.39 is 0 Å². The van der Waals surface area contributed by atoms with Gasteiger partial charge < -0.3 is 0 Å². The smallest absolute Gasteiger partial charge is 0.0205 e. The van der Waals surface area contributed by atoms with Gasteiger partial charge in [0.2, 0.25) is 0 Å². The van der Waals surface area contributed by atoms with Gasteiger partial charge in [0.05, 0.1) is 0 Å². The Balaban J connectivity index is 0.000000205. The van der Waals surface area contributed by atoms with Crippen LogP contribution in [-0.2, 0) is 0 Å². The van der Waals surface area contributed by atoms with Crippen molar-refractivity contribution in [3.8, 4) is 0 Å². The molecule has 0 saturated heterocycles. The molecule has 6 bridgehead atoms. The highest BCUT2D eigenvalue weighted by Crippen LogP contribution is 2.49. The van der Waals surface area contributed by atoms with Crippen LogP contribution in [0.5, 0.6) is 0 Å². The lowest BCUT2D eigenvalue weighted by Gasteiger charge is -2.46. The van der Waals surface area contributed by atoms with Crippen LogP contribution in [0.15, 0.2) is 48.6 Å². The van der Waals surface area contributed by atoms with Gasteiger partial charge in [-0.3, -0.25) is 0 Å². The van der Waals surface area contributed by atoms with Crippen molar-refractivity contribution in [2.75, 3.05) is 0 Å². The van der Waals surface area contributed by atoms with E-state index in [-0.39, 0.29) is 0 Å². The quantitative estimate of drug-likeness (QED) is 0.195. The normalized spacial score (nSPS) is 44.3. The average molecular weight is 1180 g/mol. The molecule has 0 heteroatoms. The predicted molar refractivity (Wildman–Crippen MR) is 384 cm³/mol. The number of allylic oxidation sites excluding steroid dienone is 8. The van der Waals surface area contributed by atoms with E-state index in [1.54, 1.807) is 0 Å². The molecular weight excluding hydrogens is 1020 g/mol. The van der Waals surface area contributed by atoms with Crippen LogP contribution in [0, 0.1) is 160 Å². The van der Waals surface area contributed by atoms with Gasteiger partial charge in [0.1, 0.15) is 0 Å². The molecule has 25 atom stereocenters. The second kappa shape index (κ2) is 40.7. The molecule has 0 aliphatic heterocycles. The molecule has 15 aliphatic carbocycles. The van der Waals surface area contributed by atoms with Crippen molar-refractivity contribution in [1.82, 2.24) is 0 Å². The zero-order valence-corrected chi connectivity index (χ0v) is 61.7. The standard InChI is InChI=1S/C10H18.2C10H16.2C10H20.C10H18.C9H18.C8H16.C8H14/c3*1-7-8(2)10-5-3-9(7)4-6-10;3*1-4-10-7-5-6-8(2)9(10)3;1-8-6-4-3-5-7-9(8)2;2*1-7-5-3-4-6-8(7)2/h7-10H,3-6H2,1-2H3;2*3,5,7-10H,4,6H2,1-2H3;2*8-10H,4-7H2,1-3H3;5,7-10H,4,6H2,1-3H3;8-9H,3-7H2,1-2H3;7-8H,3-6H2,1-2H3;3-4,7-8H,5-6H2,1-2H3/t7-,8-,9?,10?;2*7-,8-,9-,10+;8-,9+,10+;2*8-,9+,10-;8-,9-;2*7-,8-/m111000000/s1. The summed E-state index contributed by atoms with van der Waals surface area (Å²) in [5, 5.41) is 0. The van der Waals surface area contributed by atoms with E-state index in [4.69, 9.17) is 0 Å². The van der Waals surface area contributed by atoms with Gasteiger partial charge in [0.15, 0.2) is 0 Å². The van der Waals surface area contributed by atoms with Gasteiger partial charge in [-0.05, 0) is 237 Å². The first kappa shape index (κ1) is 76.4. The monoisotopic (exact) mass is 1180 g/mol. The summed E-state index contributed by atoms with van der Waals surface area (Å²) in [5.41, 5.74) is 0. The molecule has 0 heterocycles. The van der Waals surface area contributed by atoms with Crippen molar-refractivity contribution in [3.05, 3.63) is 48.6 Å². The Labute approximate surface area is 537 Å². The van der Waals surface area contributed by atoms with Gasteiger partial charge in [0, 0.05) is 0 Å². The van der Waals surface area contributed by atoms with E-state index in [0.717, 1.165) is 160 Å². The van der Waals surface area contributed by atoms with Crippen LogP contribution in [0.3, 0.4) is 0 Å². The summed E-state index contributed by atoms with van der Waals surface area (Å²) in [4.78, 5) is 0. The molecule has 0 aromatic rings. The highest BCUT2D eigenvalue weighted by Gasteiger charge is 2.39. The summed E-state index contributed by atoms with van der Waals surface area (Å²) in [6.45, 7) is 50.1. The lowest BCUT2D eigenvalue weighted by molar-refractivity contribution is 0.0455. The SMILES string of the molecule is CC[C@@H]1CCC[C@H](C)[C@H]1C.CC[C@H]1C=CC[C@H](C)[C@H]1C.CC[C@H]1CCC[C@H](C)[C@H]1C.C[C@@H]1[C@@H](C)[C@H]2C=C[C@@H]1CC2.C[C@@H]1[C@@H](C)[C@H]2C=C[C@@H]1CC2.C[C@H]1C2CCC(CC2)[C@@H]1C.C[C@H]1CC=CC[C@@H]1C.C[C@H]1CCCCC[C@@H]1C.C[C@H]1CCCC[C@@H]1C. The van der Waals surface area contributed by atoms with Crippen molar-refractivity contribution in [2.24, 2.45) is 160 Å². The second-order valence-electron chi connectivity index (χ2n) is 33.6. The van der Waals surface area contributed by atoms with E-state index in [0.29, 0.717) is 0 Å². The Morgan fingerprint density at radius 1 is 0.224 bits per heavy atom. The van der Waals surface area contributed by atoms with Gasteiger partial charge in [-0.1, -0.05) is 303 Å². The summed E-state index contributed by atoms with van der Waals surface area (Å²) in [6, 6.07) is 0. The maximum absolute atomic E-state index is 2.46. The highest BCUT2D eigenvalue weighted by atomic mass is 14.4. The van der Waals surface area contributed by atoms with Crippen molar-refractivity contribution in [3.63, 3.8) is 0 Å². The molecule has 15 aliphatic rings. The number of hydrogen-bond acceptors (Lipinski definition) is 0. The van der Waals surface area contributed by atoms with E-state index in [1.807, 2.05) is 0 Å². The van der Waals surface area contributed by atoms with Crippen LogP contribution in [0.4, 0.5) is 0 Å². The van der Waals surface area contributed by atoms with Crippen molar-refractivity contribution < 1.29 is 0 Å². The molecule has 0 nitrogen and oxygen atoms in total. The van der Waals surface area contributed by atoms with Gasteiger partial charge in [-0.2, -0.15) is 0 Å². The fraction of sp³-hybridized carbons (Fsp3) is 0.906.